The van der Waals surface area contributed by atoms with E-state index in [1.165, 1.54) is 24.8 Å². The summed E-state index contributed by atoms with van der Waals surface area (Å²) in [7, 11) is 3.43. The molecule has 27 heavy (non-hydrogen) atoms. The molecular formula is C21H34N4O2. The molecule has 1 heterocycles. The molecule has 1 aliphatic heterocycles. The Hall–Kier alpha value is -1.95. The predicted molar refractivity (Wildman–Crippen MR) is 110 cm³/mol. The Labute approximate surface area is 163 Å². The van der Waals surface area contributed by atoms with Crippen LogP contribution < -0.4 is 14.8 Å². The Kier molecular flexibility index (Phi) is 7.21. The van der Waals surface area contributed by atoms with Gasteiger partial charge in [0.15, 0.2) is 5.96 Å². The number of guanidine groups is 1. The highest BCUT2D eigenvalue weighted by Gasteiger charge is 2.22. The summed E-state index contributed by atoms with van der Waals surface area (Å²) in [6.07, 6.45) is 4.04. The maximum Gasteiger partial charge on any atom is 0.194 e. The van der Waals surface area contributed by atoms with Crippen molar-refractivity contribution in [2.75, 3.05) is 53.5 Å². The fourth-order valence-electron chi connectivity index (χ4n) is 3.55. The molecule has 1 aromatic rings. The molecule has 150 valence electrons. The molecule has 0 aromatic heterocycles. The Morgan fingerprint density at radius 3 is 2.56 bits per heavy atom. The zero-order valence-electron chi connectivity index (χ0n) is 17.0. The van der Waals surface area contributed by atoms with E-state index < -0.39 is 0 Å². The second kappa shape index (κ2) is 9.83. The lowest BCUT2D eigenvalue weighted by Gasteiger charge is -2.36. The van der Waals surface area contributed by atoms with Gasteiger partial charge in [-0.1, -0.05) is 12.8 Å². The van der Waals surface area contributed by atoms with Crippen LogP contribution >= 0.6 is 0 Å². The molecule has 2 aliphatic rings. The van der Waals surface area contributed by atoms with E-state index in [-0.39, 0.29) is 0 Å². The topological polar surface area (TPSA) is 49.3 Å². The molecule has 0 unspecified atom stereocenters. The van der Waals surface area contributed by atoms with Crippen LogP contribution in [-0.2, 0) is 6.54 Å². The number of aliphatic imine (C=N–C) groups is 1. The largest absolute Gasteiger partial charge is 0.497 e. The number of nitrogens with one attached hydrogen (secondary N) is 1. The number of methoxy groups -OCH3 is 2. The lowest BCUT2D eigenvalue weighted by molar-refractivity contribution is 0.171. The average molecular weight is 375 g/mol. The van der Waals surface area contributed by atoms with Gasteiger partial charge in [-0.05, 0) is 37.5 Å². The van der Waals surface area contributed by atoms with E-state index in [9.17, 15) is 0 Å². The summed E-state index contributed by atoms with van der Waals surface area (Å²) in [5.74, 6) is 3.82. The minimum absolute atomic E-state index is 0.877. The maximum absolute atomic E-state index is 5.52. The summed E-state index contributed by atoms with van der Waals surface area (Å²) in [4.78, 5) is 9.73. The van der Waals surface area contributed by atoms with Gasteiger partial charge in [-0.2, -0.15) is 0 Å². The summed E-state index contributed by atoms with van der Waals surface area (Å²) in [5, 5.41) is 3.47. The van der Waals surface area contributed by atoms with Crippen LogP contribution in [0.25, 0.3) is 0 Å². The fraction of sp³-hybridized carbons (Fsp3) is 0.667. The zero-order chi connectivity index (χ0) is 19.1. The first-order valence-corrected chi connectivity index (χ1v) is 10.2. The number of benzene rings is 1. The number of ether oxygens (including phenoxy) is 2. The minimum atomic E-state index is 0.877. The number of hydrogen-bond donors (Lipinski definition) is 1. The molecule has 0 spiro atoms. The molecule has 0 bridgehead atoms. The highest BCUT2D eigenvalue weighted by Crippen LogP contribution is 2.32. The van der Waals surface area contributed by atoms with E-state index in [0.29, 0.717) is 0 Å². The number of hydrogen-bond acceptors (Lipinski definition) is 4. The smallest absolute Gasteiger partial charge is 0.194 e. The molecule has 0 atom stereocenters. The van der Waals surface area contributed by atoms with Gasteiger partial charge in [0.1, 0.15) is 11.5 Å². The van der Waals surface area contributed by atoms with Crippen LogP contribution in [0.2, 0.25) is 0 Å². The van der Waals surface area contributed by atoms with Gasteiger partial charge in [-0.3, -0.25) is 9.89 Å². The molecule has 1 saturated heterocycles. The molecule has 6 heteroatoms. The number of nitrogens with zero attached hydrogens (tertiary/aromatic N) is 3. The first kappa shape index (κ1) is 19.8. The molecule has 1 N–H and O–H groups in total. The third-order valence-electron chi connectivity index (χ3n) is 5.38. The van der Waals surface area contributed by atoms with Crippen molar-refractivity contribution in [3.05, 3.63) is 23.8 Å². The third-order valence-corrected chi connectivity index (χ3v) is 5.38. The van der Waals surface area contributed by atoms with Gasteiger partial charge in [-0.15, -0.1) is 0 Å². The lowest BCUT2D eigenvalue weighted by atomic mass is 10.1. The Balaban J connectivity index is 1.54. The summed E-state index contributed by atoms with van der Waals surface area (Å²) in [6.45, 7) is 8.94. The van der Waals surface area contributed by atoms with Crippen molar-refractivity contribution in [2.45, 2.75) is 32.7 Å². The van der Waals surface area contributed by atoms with Crippen molar-refractivity contribution in [2.24, 2.45) is 10.9 Å². The van der Waals surface area contributed by atoms with E-state index >= 15 is 0 Å². The van der Waals surface area contributed by atoms with Crippen molar-refractivity contribution in [1.82, 2.24) is 15.1 Å². The quantitative estimate of drug-likeness (QED) is 0.560. The first-order chi connectivity index (χ1) is 13.2. The molecule has 1 aliphatic carbocycles. The van der Waals surface area contributed by atoms with Crippen molar-refractivity contribution < 1.29 is 9.47 Å². The Morgan fingerprint density at radius 2 is 1.93 bits per heavy atom. The van der Waals surface area contributed by atoms with E-state index in [0.717, 1.165) is 69.2 Å². The molecule has 0 amide bonds. The van der Waals surface area contributed by atoms with Crippen LogP contribution in [0.15, 0.2) is 23.2 Å². The van der Waals surface area contributed by atoms with E-state index in [1.54, 1.807) is 14.2 Å². The second-order valence-corrected chi connectivity index (χ2v) is 7.41. The Morgan fingerprint density at radius 1 is 1.15 bits per heavy atom. The molecular weight excluding hydrogens is 340 g/mol. The summed E-state index contributed by atoms with van der Waals surface area (Å²) in [6, 6.07) is 6.01. The van der Waals surface area contributed by atoms with Crippen molar-refractivity contribution in [3.8, 4) is 11.5 Å². The summed E-state index contributed by atoms with van der Waals surface area (Å²) in [5.41, 5.74) is 1.18. The van der Waals surface area contributed by atoms with Crippen LogP contribution in [-0.4, -0.2) is 69.2 Å². The number of piperazine rings is 1. The maximum atomic E-state index is 5.52. The molecule has 0 radical (unpaired) electrons. The van der Waals surface area contributed by atoms with Crippen LogP contribution in [0, 0.1) is 5.92 Å². The van der Waals surface area contributed by atoms with Gasteiger partial charge in [0, 0.05) is 51.4 Å². The van der Waals surface area contributed by atoms with Crippen LogP contribution in [0.1, 0.15) is 31.7 Å². The van der Waals surface area contributed by atoms with Crippen LogP contribution in [0.4, 0.5) is 0 Å². The molecule has 3 rings (SSSR count). The monoisotopic (exact) mass is 374 g/mol. The summed E-state index contributed by atoms with van der Waals surface area (Å²) < 4.78 is 10.9. The fourth-order valence-corrected chi connectivity index (χ4v) is 3.55. The Bertz CT molecular complexity index is 623. The average Bonchev–Trinajstić information content (AvgIpc) is 3.52. The van der Waals surface area contributed by atoms with Gasteiger partial charge >= 0.3 is 0 Å². The van der Waals surface area contributed by atoms with Crippen molar-refractivity contribution in [1.29, 1.82) is 0 Å². The minimum Gasteiger partial charge on any atom is -0.497 e. The molecule has 6 nitrogen and oxygen atoms in total. The van der Waals surface area contributed by atoms with Gasteiger partial charge in [-0.25, -0.2) is 0 Å². The number of rotatable bonds is 8. The van der Waals surface area contributed by atoms with Crippen molar-refractivity contribution in [3.63, 3.8) is 0 Å². The molecule has 2 fully saturated rings. The van der Waals surface area contributed by atoms with Crippen LogP contribution in [0.3, 0.4) is 0 Å². The standard InChI is InChI=1S/C21H34N4O2/c1-4-22-21(23-10-9-17-5-6-17)25-13-11-24(12-14-25)16-18-15-19(26-2)7-8-20(18)27-3/h7-8,15,17H,4-6,9-14,16H2,1-3H3,(H,22,23). The van der Waals surface area contributed by atoms with Crippen molar-refractivity contribution >= 4 is 5.96 Å². The van der Waals surface area contributed by atoms with Gasteiger partial charge < -0.3 is 19.7 Å². The lowest BCUT2D eigenvalue weighted by Crippen LogP contribution is -2.52. The highest BCUT2D eigenvalue weighted by molar-refractivity contribution is 5.80. The van der Waals surface area contributed by atoms with Gasteiger partial charge in [0.2, 0.25) is 0 Å². The summed E-state index contributed by atoms with van der Waals surface area (Å²) >= 11 is 0. The first-order valence-electron chi connectivity index (χ1n) is 10.2. The van der Waals surface area contributed by atoms with E-state index in [2.05, 4.69) is 28.1 Å². The van der Waals surface area contributed by atoms with E-state index in [1.807, 2.05) is 12.1 Å². The van der Waals surface area contributed by atoms with Gasteiger partial charge in [0.25, 0.3) is 0 Å². The second-order valence-electron chi connectivity index (χ2n) is 7.41. The van der Waals surface area contributed by atoms with E-state index in [4.69, 9.17) is 14.5 Å². The zero-order valence-corrected chi connectivity index (χ0v) is 17.0. The highest BCUT2D eigenvalue weighted by atomic mass is 16.5. The normalized spacial score (nSPS) is 18.5. The van der Waals surface area contributed by atoms with Crippen LogP contribution in [0.5, 0.6) is 11.5 Å². The predicted octanol–water partition coefficient (Wildman–Crippen LogP) is 2.59. The molecule has 1 aromatic carbocycles. The third kappa shape index (κ3) is 5.76. The molecule has 1 saturated carbocycles. The van der Waals surface area contributed by atoms with Gasteiger partial charge in [0.05, 0.1) is 14.2 Å². The SMILES string of the molecule is CCNC(=NCCC1CC1)N1CCN(Cc2cc(OC)ccc2OC)CC1.